The Morgan fingerprint density at radius 1 is 0.700 bits per heavy atom. The van der Waals surface area contributed by atoms with Crippen LogP contribution in [0.3, 0.4) is 0 Å². The van der Waals surface area contributed by atoms with Crippen molar-refractivity contribution in [2.24, 2.45) is 0 Å². The molecule has 17 heteroatoms. The van der Waals surface area contributed by atoms with Crippen molar-refractivity contribution < 1.29 is 69.4 Å². The Labute approximate surface area is 227 Å². The van der Waals surface area contributed by atoms with Gasteiger partial charge in [-0.3, -0.25) is 9.59 Å². The molecule has 0 aliphatic carbocycles. The second-order valence-electron chi connectivity index (χ2n) is 9.06. The summed E-state index contributed by atoms with van der Waals surface area (Å²) in [5.74, 6) is -1.28. The first-order valence-corrected chi connectivity index (χ1v) is 12.5. The Balaban J connectivity index is 1.40. The largest absolute Gasteiger partial charge is 0.394 e. The number of hydrogen-bond acceptors (Lipinski definition) is 15. The summed E-state index contributed by atoms with van der Waals surface area (Å²) in [6.07, 6.45) is -14.3. The first-order chi connectivity index (χ1) is 19.1. The van der Waals surface area contributed by atoms with Crippen molar-refractivity contribution in [2.75, 3.05) is 39.5 Å². The highest BCUT2D eigenvalue weighted by Crippen LogP contribution is 2.22. The fourth-order valence-corrected chi connectivity index (χ4v) is 3.96. The highest BCUT2D eigenvalue weighted by molar-refractivity contribution is 5.96. The van der Waals surface area contributed by atoms with Gasteiger partial charge in [-0.15, -0.1) is 0 Å². The summed E-state index contributed by atoms with van der Waals surface area (Å²) in [7, 11) is 0. The molecule has 2 saturated heterocycles. The van der Waals surface area contributed by atoms with Crippen LogP contribution in [-0.4, -0.2) is 159 Å². The molecule has 2 fully saturated rings. The zero-order chi connectivity index (χ0) is 29.4. The van der Waals surface area contributed by atoms with E-state index in [4.69, 9.17) is 18.9 Å². The van der Waals surface area contributed by atoms with Crippen molar-refractivity contribution in [3.63, 3.8) is 0 Å². The SMILES string of the molecule is O=C(NCCO[C@H]1O[C@H](CO)[C@@H](O)[C@H](O)[C@H]1O)c1cccc(C(=O)NCCO[C@H]2O[C@H](CO)[C@@H](O)[C@H](O)[C@H]2O)n1. The molecule has 17 nitrogen and oxygen atoms in total. The third-order valence-corrected chi connectivity index (χ3v) is 6.25. The molecule has 0 bridgehead atoms. The van der Waals surface area contributed by atoms with E-state index in [-0.39, 0.29) is 37.7 Å². The molecular weight excluding hydrogens is 542 g/mol. The monoisotopic (exact) mass is 577 g/mol. The van der Waals surface area contributed by atoms with Crippen LogP contribution in [-0.2, 0) is 18.9 Å². The number of rotatable bonds is 12. The zero-order valence-electron chi connectivity index (χ0n) is 21.2. The van der Waals surface area contributed by atoms with E-state index in [2.05, 4.69) is 15.6 Å². The van der Waals surface area contributed by atoms with Crippen LogP contribution >= 0.6 is 0 Å². The molecular formula is C23H35N3O14. The molecule has 0 unspecified atom stereocenters. The highest BCUT2D eigenvalue weighted by Gasteiger charge is 2.45. The molecule has 0 radical (unpaired) electrons. The molecule has 0 spiro atoms. The van der Waals surface area contributed by atoms with Gasteiger partial charge in [0.1, 0.15) is 60.2 Å². The molecule has 1 aromatic heterocycles. The van der Waals surface area contributed by atoms with Crippen molar-refractivity contribution >= 4 is 11.8 Å². The first kappa shape index (κ1) is 32.1. The van der Waals surface area contributed by atoms with Gasteiger partial charge in [-0.2, -0.15) is 0 Å². The summed E-state index contributed by atoms with van der Waals surface area (Å²) in [6, 6.07) is 4.17. The van der Waals surface area contributed by atoms with Crippen LogP contribution < -0.4 is 10.6 Å². The molecule has 2 amide bonds. The molecule has 2 aliphatic heterocycles. The van der Waals surface area contributed by atoms with E-state index < -0.39 is 86.4 Å². The lowest BCUT2D eigenvalue weighted by atomic mass is 9.99. The van der Waals surface area contributed by atoms with Gasteiger partial charge in [0.25, 0.3) is 11.8 Å². The molecule has 10 N–H and O–H groups in total. The molecule has 2 aliphatic rings. The van der Waals surface area contributed by atoms with E-state index in [0.717, 1.165) is 0 Å². The Bertz CT molecular complexity index is 897. The van der Waals surface area contributed by atoms with Crippen LogP contribution in [0.1, 0.15) is 21.0 Å². The van der Waals surface area contributed by atoms with Gasteiger partial charge >= 0.3 is 0 Å². The smallest absolute Gasteiger partial charge is 0.269 e. The average Bonchev–Trinajstić information content (AvgIpc) is 2.96. The Kier molecular flexibility index (Phi) is 12.1. The quantitative estimate of drug-likeness (QED) is 0.104. The Morgan fingerprint density at radius 3 is 1.48 bits per heavy atom. The van der Waals surface area contributed by atoms with Gasteiger partial charge < -0.3 is 70.4 Å². The maximum Gasteiger partial charge on any atom is 0.269 e. The number of aliphatic hydroxyl groups excluding tert-OH is 8. The van der Waals surface area contributed by atoms with Gasteiger partial charge in [-0.05, 0) is 12.1 Å². The number of ether oxygens (including phenoxy) is 4. The molecule has 0 saturated carbocycles. The van der Waals surface area contributed by atoms with Gasteiger partial charge in [-0.25, -0.2) is 4.98 Å². The predicted octanol–water partition coefficient (Wildman–Crippen LogP) is -5.83. The number of carbonyl (C=O) groups is 2. The van der Waals surface area contributed by atoms with E-state index in [0.29, 0.717) is 0 Å². The van der Waals surface area contributed by atoms with E-state index >= 15 is 0 Å². The number of aliphatic hydroxyl groups is 8. The molecule has 10 atom stereocenters. The summed E-state index contributed by atoms with van der Waals surface area (Å²) in [5, 5.41) is 82.4. The summed E-state index contributed by atoms with van der Waals surface area (Å²) in [6.45, 7) is -1.68. The highest BCUT2D eigenvalue weighted by atomic mass is 16.7. The van der Waals surface area contributed by atoms with Gasteiger partial charge in [-0.1, -0.05) is 6.07 Å². The van der Waals surface area contributed by atoms with Crippen molar-refractivity contribution in [1.82, 2.24) is 15.6 Å². The Morgan fingerprint density at radius 2 is 1.10 bits per heavy atom. The second kappa shape index (κ2) is 15.0. The molecule has 3 rings (SSSR count). The number of nitrogens with one attached hydrogen (secondary N) is 2. The van der Waals surface area contributed by atoms with Crippen molar-refractivity contribution in [1.29, 1.82) is 0 Å². The van der Waals surface area contributed by atoms with Crippen LogP contribution in [0.5, 0.6) is 0 Å². The normalized spacial score (nSPS) is 34.3. The van der Waals surface area contributed by atoms with Crippen molar-refractivity contribution in [3.8, 4) is 0 Å². The number of carbonyl (C=O) groups excluding carboxylic acids is 2. The lowest BCUT2D eigenvalue weighted by molar-refractivity contribution is -0.300. The molecule has 226 valence electrons. The van der Waals surface area contributed by atoms with Crippen molar-refractivity contribution in [3.05, 3.63) is 29.6 Å². The minimum absolute atomic E-state index is 0.0682. The summed E-state index contributed by atoms with van der Waals surface area (Å²) < 4.78 is 21.0. The number of nitrogens with zero attached hydrogens (tertiary/aromatic N) is 1. The number of amides is 2. The second-order valence-corrected chi connectivity index (χ2v) is 9.06. The minimum atomic E-state index is -1.59. The summed E-state index contributed by atoms with van der Waals surface area (Å²) in [5.41, 5.74) is -0.170. The molecule has 3 heterocycles. The predicted molar refractivity (Wildman–Crippen MR) is 128 cm³/mol. The number of pyridine rings is 1. The number of aromatic nitrogens is 1. The van der Waals surface area contributed by atoms with Crippen LogP contribution in [0.4, 0.5) is 0 Å². The Hall–Kier alpha value is -2.39. The summed E-state index contributed by atoms with van der Waals surface area (Å²) in [4.78, 5) is 28.9. The van der Waals surface area contributed by atoms with Gasteiger partial charge in [0.15, 0.2) is 12.6 Å². The van der Waals surface area contributed by atoms with E-state index in [1.807, 2.05) is 0 Å². The first-order valence-electron chi connectivity index (χ1n) is 12.5. The summed E-state index contributed by atoms with van der Waals surface area (Å²) >= 11 is 0. The van der Waals surface area contributed by atoms with E-state index in [9.17, 15) is 50.4 Å². The fraction of sp³-hybridized carbons (Fsp3) is 0.696. The lowest BCUT2D eigenvalue weighted by Gasteiger charge is -2.39. The number of hydrogen-bond donors (Lipinski definition) is 10. The topological polar surface area (TPSA) is 270 Å². The van der Waals surface area contributed by atoms with Gasteiger partial charge in [0.2, 0.25) is 0 Å². The van der Waals surface area contributed by atoms with Gasteiger partial charge in [0.05, 0.1) is 26.4 Å². The third kappa shape index (κ3) is 7.87. The fourth-order valence-electron chi connectivity index (χ4n) is 3.96. The maximum absolute atomic E-state index is 12.4. The maximum atomic E-state index is 12.4. The van der Waals surface area contributed by atoms with Crippen LogP contribution in [0.25, 0.3) is 0 Å². The third-order valence-electron chi connectivity index (χ3n) is 6.25. The molecule has 1 aromatic rings. The average molecular weight is 578 g/mol. The van der Waals surface area contributed by atoms with Crippen LogP contribution in [0.2, 0.25) is 0 Å². The lowest BCUT2D eigenvalue weighted by Crippen LogP contribution is -2.59. The molecule has 40 heavy (non-hydrogen) atoms. The molecule has 0 aromatic carbocycles. The van der Waals surface area contributed by atoms with Gasteiger partial charge in [0, 0.05) is 13.1 Å². The zero-order valence-corrected chi connectivity index (χ0v) is 21.2. The van der Waals surface area contributed by atoms with Crippen LogP contribution in [0.15, 0.2) is 18.2 Å². The standard InChI is InChI=1S/C23H35N3O14/c27-8-12-14(29)16(31)18(33)22(39-12)37-6-4-24-20(35)10-2-1-3-11(26-10)21(36)25-5-7-38-23-19(34)17(32)15(30)13(9-28)40-23/h1-3,12-19,22-23,27-34H,4-9H2,(H,24,35)(H,25,36)/t12-,13-,14-,15-,16+,17+,18-,19-,22+,23+/m1/s1. The van der Waals surface area contributed by atoms with Crippen LogP contribution in [0, 0.1) is 0 Å². The van der Waals surface area contributed by atoms with E-state index in [1.165, 1.54) is 18.2 Å². The van der Waals surface area contributed by atoms with Crippen molar-refractivity contribution in [2.45, 2.75) is 61.4 Å². The van der Waals surface area contributed by atoms with E-state index in [1.54, 1.807) is 0 Å². The minimum Gasteiger partial charge on any atom is -0.394 e.